The summed E-state index contributed by atoms with van der Waals surface area (Å²) in [4.78, 5) is 3.75. The van der Waals surface area contributed by atoms with Gasteiger partial charge < -0.3 is 9.55 Å². The third-order valence-electron chi connectivity index (χ3n) is 11.2. The number of fused-ring (bicyclic) bond motifs is 7. The normalized spacial score (nSPS) is 17.1. The molecule has 0 fully saturated rings. The maximum absolute atomic E-state index is 3.75. The molecule has 5 aromatic carbocycles. The maximum Gasteiger partial charge on any atom is 0.0541 e. The summed E-state index contributed by atoms with van der Waals surface area (Å²) in [6.07, 6.45) is 0. The zero-order chi connectivity index (χ0) is 28.3. The van der Waals surface area contributed by atoms with Crippen LogP contribution in [0, 0.1) is 5.41 Å². The first-order valence-electron chi connectivity index (χ1n) is 14.8. The zero-order valence-electron chi connectivity index (χ0n) is 24.8. The molecule has 0 aliphatic heterocycles. The maximum atomic E-state index is 3.75. The number of aromatic amines is 1. The summed E-state index contributed by atoms with van der Waals surface area (Å²) in [7, 11) is 0. The molecule has 0 amide bonds. The van der Waals surface area contributed by atoms with Gasteiger partial charge in [0.1, 0.15) is 0 Å². The van der Waals surface area contributed by atoms with Crippen molar-refractivity contribution in [1.82, 2.24) is 9.55 Å². The Morgan fingerprint density at radius 1 is 0.488 bits per heavy atom. The fourth-order valence-corrected chi connectivity index (χ4v) is 7.62. The minimum absolute atomic E-state index is 0.0826. The van der Waals surface area contributed by atoms with Gasteiger partial charge in [0.25, 0.3) is 0 Å². The summed E-state index contributed by atoms with van der Waals surface area (Å²) in [6, 6.07) is 38.2. The van der Waals surface area contributed by atoms with E-state index in [9.17, 15) is 0 Å². The van der Waals surface area contributed by atoms with Crippen molar-refractivity contribution in [3.05, 3.63) is 114 Å². The van der Waals surface area contributed by atoms with E-state index in [2.05, 4.69) is 154 Å². The average Bonchev–Trinajstić information content (AvgIpc) is 3.53. The van der Waals surface area contributed by atoms with Crippen LogP contribution in [0.1, 0.15) is 52.7 Å². The summed E-state index contributed by atoms with van der Waals surface area (Å²) in [5.41, 5.74) is 11.9. The van der Waals surface area contributed by atoms with Gasteiger partial charge in [0.15, 0.2) is 0 Å². The summed E-state index contributed by atoms with van der Waals surface area (Å²) in [5, 5.41) is 5.18. The zero-order valence-corrected chi connectivity index (χ0v) is 24.8. The molecule has 1 N–H and O–H groups in total. The van der Waals surface area contributed by atoms with Crippen LogP contribution < -0.4 is 0 Å². The van der Waals surface area contributed by atoms with Crippen molar-refractivity contribution in [1.29, 1.82) is 0 Å². The van der Waals surface area contributed by atoms with Crippen LogP contribution in [0.5, 0.6) is 0 Å². The molecule has 41 heavy (non-hydrogen) atoms. The monoisotopic (exact) mass is 532 g/mol. The highest BCUT2D eigenvalue weighted by Crippen LogP contribution is 2.62. The SMILES string of the molecule is CC1(C)c2cc3[nH]c4ccc(-c5ccc6c(c5)c5ccccc5n6-c5ccccc5)cc4c3cc2C(C)(C)C1(C)C. The molecule has 0 unspecified atom stereocenters. The Hall–Kier alpha value is -4.30. The molecule has 7 aromatic rings. The average molecular weight is 533 g/mol. The predicted molar refractivity (Wildman–Crippen MR) is 175 cm³/mol. The largest absolute Gasteiger partial charge is 0.355 e. The summed E-state index contributed by atoms with van der Waals surface area (Å²) in [6.45, 7) is 14.5. The molecule has 0 saturated heterocycles. The topological polar surface area (TPSA) is 20.7 Å². The molecule has 202 valence electrons. The van der Waals surface area contributed by atoms with Crippen molar-refractivity contribution in [3.8, 4) is 16.8 Å². The standard InChI is InChI=1S/C39H36N2/c1-37(2)31-22-29-28-20-24(16-18-33(28)40-34(29)23-32(31)38(3,4)39(37,5)6)25-17-19-36-30(21-25)27-14-10-11-15-35(27)41(36)26-12-8-7-9-13-26/h7-23,40H,1-6H3. The van der Waals surface area contributed by atoms with Crippen molar-refractivity contribution in [3.63, 3.8) is 0 Å². The number of nitrogens with one attached hydrogen (secondary N) is 1. The van der Waals surface area contributed by atoms with Crippen LogP contribution in [0.15, 0.2) is 103 Å². The molecular weight excluding hydrogens is 496 g/mol. The molecule has 1 aliphatic carbocycles. The first kappa shape index (κ1) is 24.5. The summed E-state index contributed by atoms with van der Waals surface area (Å²) < 4.78 is 2.38. The van der Waals surface area contributed by atoms with Gasteiger partial charge in [-0.3, -0.25) is 0 Å². The van der Waals surface area contributed by atoms with Crippen LogP contribution in [0.2, 0.25) is 0 Å². The number of para-hydroxylation sites is 2. The second kappa shape index (κ2) is 7.91. The molecule has 0 saturated carbocycles. The lowest BCUT2D eigenvalue weighted by Crippen LogP contribution is -2.42. The van der Waals surface area contributed by atoms with Crippen molar-refractivity contribution >= 4 is 43.6 Å². The third-order valence-corrected chi connectivity index (χ3v) is 11.2. The van der Waals surface area contributed by atoms with Gasteiger partial charge in [0, 0.05) is 38.3 Å². The van der Waals surface area contributed by atoms with E-state index in [4.69, 9.17) is 0 Å². The second-order valence-corrected chi connectivity index (χ2v) is 13.6. The van der Waals surface area contributed by atoms with Gasteiger partial charge in [-0.1, -0.05) is 90.1 Å². The lowest BCUT2D eigenvalue weighted by molar-refractivity contribution is 0.125. The van der Waals surface area contributed by atoms with Crippen LogP contribution in [0.25, 0.3) is 60.4 Å². The van der Waals surface area contributed by atoms with E-state index in [-0.39, 0.29) is 16.2 Å². The van der Waals surface area contributed by atoms with Gasteiger partial charge in [0.05, 0.1) is 11.0 Å². The highest BCUT2D eigenvalue weighted by molar-refractivity contribution is 6.12. The van der Waals surface area contributed by atoms with Gasteiger partial charge in [-0.15, -0.1) is 0 Å². The fraction of sp³-hybridized carbons (Fsp3) is 0.231. The van der Waals surface area contributed by atoms with Gasteiger partial charge >= 0.3 is 0 Å². The first-order chi connectivity index (χ1) is 19.6. The minimum atomic E-state index is 0.0826. The molecule has 0 spiro atoms. The molecule has 2 heterocycles. The Bertz CT molecular complexity index is 2170. The Morgan fingerprint density at radius 3 is 1.83 bits per heavy atom. The van der Waals surface area contributed by atoms with E-state index < -0.39 is 0 Å². The smallest absolute Gasteiger partial charge is 0.0541 e. The van der Waals surface area contributed by atoms with Gasteiger partial charge in [-0.25, -0.2) is 0 Å². The molecule has 8 rings (SSSR count). The first-order valence-corrected chi connectivity index (χ1v) is 14.8. The number of hydrogen-bond donors (Lipinski definition) is 1. The molecule has 0 atom stereocenters. The van der Waals surface area contributed by atoms with Gasteiger partial charge in [0.2, 0.25) is 0 Å². The lowest BCUT2D eigenvalue weighted by atomic mass is 9.59. The third kappa shape index (κ3) is 3.08. The Balaban J connectivity index is 1.33. The molecule has 1 aliphatic rings. The quantitative estimate of drug-likeness (QED) is 0.229. The molecule has 2 aromatic heterocycles. The molecule has 0 radical (unpaired) electrons. The Kier molecular flexibility index (Phi) is 4.73. The predicted octanol–water partition coefficient (Wildman–Crippen LogP) is 10.7. The number of rotatable bonds is 2. The summed E-state index contributed by atoms with van der Waals surface area (Å²) >= 11 is 0. The molecule has 2 nitrogen and oxygen atoms in total. The van der Waals surface area contributed by atoms with Crippen LogP contribution in [0.4, 0.5) is 0 Å². The van der Waals surface area contributed by atoms with Crippen molar-refractivity contribution in [2.75, 3.05) is 0 Å². The summed E-state index contributed by atoms with van der Waals surface area (Å²) in [5.74, 6) is 0. The van der Waals surface area contributed by atoms with Crippen molar-refractivity contribution < 1.29 is 0 Å². The second-order valence-electron chi connectivity index (χ2n) is 13.6. The van der Waals surface area contributed by atoms with Crippen LogP contribution in [-0.4, -0.2) is 9.55 Å². The highest BCUT2D eigenvalue weighted by atomic mass is 15.0. The number of benzene rings is 5. The number of nitrogens with zero attached hydrogens (tertiary/aromatic N) is 1. The van der Waals surface area contributed by atoms with E-state index in [0.29, 0.717) is 0 Å². The lowest BCUT2D eigenvalue weighted by Gasteiger charge is -2.44. The minimum Gasteiger partial charge on any atom is -0.355 e. The number of aromatic nitrogens is 2. The molecular formula is C39H36N2. The van der Waals surface area contributed by atoms with Crippen LogP contribution in [-0.2, 0) is 10.8 Å². The van der Waals surface area contributed by atoms with Crippen LogP contribution in [0.3, 0.4) is 0 Å². The number of hydrogen-bond acceptors (Lipinski definition) is 0. The van der Waals surface area contributed by atoms with E-state index in [0.717, 1.165) is 0 Å². The van der Waals surface area contributed by atoms with E-state index in [1.54, 1.807) is 0 Å². The van der Waals surface area contributed by atoms with E-state index in [1.165, 1.54) is 71.6 Å². The van der Waals surface area contributed by atoms with Crippen molar-refractivity contribution in [2.24, 2.45) is 5.41 Å². The van der Waals surface area contributed by atoms with Gasteiger partial charge in [-0.05, 0) is 93.1 Å². The van der Waals surface area contributed by atoms with Crippen molar-refractivity contribution in [2.45, 2.75) is 52.4 Å². The molecule has 0 bridgehead atoms. The fourth-order valence-electron chi connectivity index (χ4n) is 7.62. The Morgan fingerprint density at radius 2 is 1.07 bits per heavy atom. The molecule has 2 heteroatoms. The number of H-pyrrole nitrogens is 1. The van der Waals surface area contributed by atoms with Crippen LogP contribution >= 0.6 is 0 Å². The van der Waals surface area contributed by atoms with Gasteiger partial charge in [-0.2, -0.15) is 0 Å². The van der Waals surface area contributed by atoms with E-state index in [1.807, 2.05) is 0 Å². The Labute approximate surface area is 241 Å². The van der Waals surface area contributed by atoms with E-state index >= 15 is 0 Å². The highest BCUT2D eigenvalue weighted by Gasteiger charge is 2.56.